The maximum absolute atomic E-state index is 14.4. The van der Waals surface area contributed by atoms with Crippen LogP contribution in [0.15, 0.2) is 34.3 Å². The zero-order valence-corrected chi connectivity index (χ0v) is 16.6. The highest BCUT2D eigenvalue weighted by Crippen LogP contribution is 2.22. The second-order valence-corrected chi connectivity index (χ2v) is 7.34. The van der Waals surface area contributed by atoms with Crippen molar-refractivity contribution in [2.45, 2.75) is 6.54 Å². The summed E-state index contributed by atoms with van der Waals surface area (Å²) in [6.45, 7) is 3.41. The lowest BCUT2D eigenvalue weighted by Gasteiger charge is -2.35. The van der Waals surface area contributed by atoms with Crippen molar-refractivity contribution in [1.29, 1.82) is 0 Å². The molecule has 0 atom stereocenters. The largest absolute Gasteiger partial charge is 0.427 e. The zero-order chi connectivity index (χ0) is 20.2. The van der Waals surface area contributed by atoms with Gasteiger partial charge in [0, 0.05) is 44.8 Å². The first kappa shape index (κ1) is 19.3. The summed E-state index contributed by atoms with van der Waals surface area (Å²) in [5, 5.41) is 8.06. The van der Waals surface area contributed by atoms with Crippen LogP contribution in [0.2, 0.25) is 0 Å². The number of halogens is 1. The molecule has 2 N–H and O–H groups in total. The van der Waals surface area contributed by atoms with Crippen LogP contribution in [-0.2, 0) is 6.54 Å². The van der Waals surface area contributed by atoms with E-state index in [1.165, 1.54) is 24.5 Å². The Hall–Kier alpha value is -3.05. The van der Waals surface area contributed by atoms with Crippen LogP contribution in [0.1, 0.15) is 16.2 Å². The number of amides is 1. The van der Waals surface area contributed by atoms with Crippen molar-refractivity contribution in [3.63, 3.8) is 0 Å². The summed E-state index contributed by atoms with van der Waals surface area (Å²) in [7, 11) is 1.49. The number of hydrogen-bond acceptors (Lipinski definition) is 9. The predicted octanol–water partition coefficient (Wildman–Crippen LogP) is 2.09. The molecule has 9 nitrogen and oxygen atoms in total. The lowest BCUT2D eigenvalue weighted by atomic mass is 10.2. The summed E-state index contributed by atoms with van der Waals surface area (Å²) < 4.78 is 20.1. The van der Waals surface area contributed by atoms with E-state index in [0.29, 0.717) is 31.3 Å². The van der Waals surface area contributed by atoms with Gasteiger partial charge >= 0.3 is 6.01 Å². The lowest BCUT2D eigenvalue weighted by Crippen LogP contribution is -2.46. The van der Waals surface area contributed by atoms with Crippen LogP contribution >= 0.6 is 11.3 Å². The zero-order valence-electron chi connectivity index (χ0n) is 15.8. The van der Waals surface area contributed by atoms with Crippen LogP contribution in [0, 0.1) is 5.95 Å². The Morgan fingerprint density at radius 1 is 1.28 bits per heavy atom. The Morgan fingerprint density at radius 3 is 2.79 bits per heavy atom. The first-order chi connectivity index (χ1) is 14.1. The number of anilines is 3. The van der Waals surface area contributed by atoms with Crippen LogP contribution in [0.5, 0.6) is 0 Å². The molecule has 1 aliphatic rings. The molecule has 0 spiro atoms. The first-order valence-corrected chi connectivity index (χ1v) is 9.97. The number of rotatable bonds is 6. The van der Waals surface area contributed by atoms with Crippen molar-refractivity contribution in [2.75, 3.05) is 43.4 Å². The van der Waals surface area contributed by atoms with Crippen LogP contribution in [0.4, 0.5) is 21.2 Å². The summed E-state index contributed by atoms with van der Waals surface area (Å²) in [5.41, 5.74) is 0.478. The molecule has 29 heavy (non-hydrogen) atoms. The third-order valence-corrected chi connectivity index (χ3v) is 5.27. The average Bonchev–Trinajstić information content (AvgIpc) is 3.40. The molecule has 152 valence electrons. The molecular formula is C18H20FN7O2S. The van der Waals surface area contributed by atoms with E-state index in [0.717, 1.165) is 24.0 Å². The fraction of sp³-hybridized carbons (Fsp3) is 0.333. The van der Waals surface area contributed by atoms with E-state index in [9.17, 15) is 9.18 Å². The molecule has 0 unspecified atom stereocenters. The van der Waals surface area contributed by atoms with Crippen molar-refractivity contribution in [3.8, 4) is 0 Å². The first-order valence-electron chi connectivity index (χ1n) is 9.09. The number of carbonyl (C=O) groups is 1. The van der Waals surface area contributed by atoms with E-state index >= 15 is 0 Å². The highest BCUT2D eigenvalue weighted by Gasteiger charge is 2.22. The normalized spacial score (nSPS) is 14.8. The lowest BCUT2D eigenvalue weighted by molar-refractivity contribution is 0.0957. The molecular weight excluding hydrogens is 397 g/mol. The maximum atomic E-state index is 14.4. The van der Waals surface area contributed by atoms with Crippen molar-refractivity contribution in [1.82, 2.24) is 25.2 Å². The number of oxazole rings is 1. The molecule has 4 heterocycles. The van der Waals surface area contributed by atoms with Gasteiger partial charge in [0.05, 0.1) is 18.4 Å². The van der Waals surface area contributed by atoms with E-state index in [1.807, 2.05) is 10.3 Å². The predicted molar refractivity (Wildman–Crippen MR) is 107 cm³/mol. The molecule has 1 saturated heterocycles. The van der Waals surface area contributed by atoms with Crippen molar-refractivity contribution >= 4 is 34.1 Å². The van der Waals surface area contributed by atoms with Crippen LogP contribution < -0.4 is 15.5 Å². The Labute approximate surface area is 170 Å². The monoisotopic (exact) mass is 417 g/mol. The minimum Gasteiger partial charge on any atom is -0.427 e. The molecule has 0 saturated carbocycles. The van der Waals surface area contributed by atoms with Gasteiger partial charge in [-0.25, -0.2) is 15.0 Å². The minimum absolute atomic E-state index is 0.0693. The summed E-state index contributed by atoms with van der Waals surface area (Å²) >= 11 is 1.47. The molecule has 3 aromatic rings. The van der Waals surface area contributed by atoms with E-state index in [1.54, 1.807) is 18.5 Å². The van der Waals surface area contributed by atoms with Crippen LogP contribution in [0.25, 0.3) is 0 Å². The fourth-order valence-electron chi connectivity index (χ4n) is 3.10. The third kappa shape index (κ3) is 4.51. The van der Waals surface area contributed by atoms with Gasteiger partial charge in [-0.05, 0) is 12.1 Å². The highest BCUT2D eigenvalue weighted by molar-refractivity contribution is 7.13. The Bertz CT molecular complexity index is 971. The number of nitrogens with zero attached hydrogens (tertiary/aromatic N) is 5. The number of nitrogens with one attached hydrogen (secondary N) is 2. The molecule has 11 heteroatoms. The maximum Gasteiger partial charge on any atom is 0.301 e. The summed E-state index contributed by atoms with van der Waals surface area (Å²) in [6, 6.07) is 3.56. The van der Waals surface area contributed by atoms with Gasteiger partial charge in [0.25, 0.3) is 5.91 Å². The Kier molecular flexibility index (Phi) is 5.67. The smallest absolute Gasteiger partial charge is 0.301 e. The van der Waals surface area contributed by atoms with E-state index in [2.05, 4.69) is 30.5 Å². The molecule has 3 aromatic heterocycles. The van der Waals surface area contributed by atoms with Gasteiger partial charge in [-0.2, -0.15) is 4.39 Å². The summed E-state index contributed by atoms with van der Waals surface area (Å²) in [6.07, 6.45) is 3.41. The fourth-order valence-corrected chi connectivity index (χ4v) is 3.62. The van der Waals surface area contributed by atoms with Gasteiger partial charge in [0.2, 0.25) is 5.95 Å². The van der Waals surface area contributed by atoms with Crippen molar-refractivity contribution < 1.29 is 13.6 Å². The number of hydrogen-bond donors (Lipinski definition) is 2. The molecule has 0 aliphatic carbocycles. The molecule has 0 radical (unpaired) electrons. The second-order valence-electron chi connectivity index (χ2n) is 6.44. The van der Waals surface area contributed by atoms with Gasteiger partial charge in [0.1, 0.15) is 11.5 Å². The van der Waals surface area contributed by atoms with Crippen LogP contribution in [-0.4, -0.2) is 59.0 Å². The van der Waals surface area contributed by atoms with E-state index in [-0.39, 0.29) is 5.69 Å². The third-order valence-electron chi connectivity index (χ3n) is 4.58. The van der Waals surface area contributed by atoms with E-state index < -0.39 is 11.9 Å². The van der Waals surface area contributed by atoms with E-state index in [4.69, 9.17) is 4.42 Å². The standard InChI is InChI=1S/C18H20FN7O2S/c1-20-16(27)13-2-3-14(15(19)23-13)26-7-5-25(6-8-26)11-12-10-22-17(28-12)24-18-21-4-9-29-18/h2-4,9-10H,5-8,11H2,1H3,(H,20,27)(H,21,22,24). The number of pyridine rings is 1. The van der Waals surface area contributed by atoms with Gasteiger partial charge in [-0.15, -0.1) is 11.3 Å². The second kappa shape index (κ2) is 8.53. The molecule has 1 fully saturated rings. The Morgan fingerprint density at radius 2 is 2.10 bits per heavy atom. The summed E-state index contributed by atoms with van der Waals surface area (Å²) in [5.74, 6) is -0.288. The highest BCUT2D eigenvalue weighted by atomic mass is 32.1. The van der Waals surface area contributed by atoms with Gasteiger partial charge in [0.15, 0.2) is 5.13 Å². The van der Waals surface area contributed by atoms with Gasteiger partial charge in [-0.1, -0.05) is 0 Å². The molecule has 1 aliphatic heterocycles. The number of aromatic nitrogens is 3. The Balaban J connectivity index is 1.32. The molecule has 4 rings (SSSR count). The molecule has 0 bridgehead atoms. The molecule has 1 amide bonds. The quantitative estimate of drug-likeness (QED) is 0.588. The van der Waals surface area contributed by atoms with Crippen molar-refractivity contribution in [2.24, 2.45) is 0 Å². The molecule has 0 aromatic carbocycles. The number of carbonyl (C=O) groups excluding carboxylic acids is 1. The topological polar surface area (TPSA) is 99.4 Å². The minimum atomic E-state index is -0.632. The average molecular weight is 417 g/mol. The number of piperazine rings is 1. The van der Waals surface area contributed by atoms with Gasteiger partial charge < -0.3 is 14.6 Å². The van der Waals surface area contributed by atoms with Gasteiger partial charge in [-0.3, -0.25) is 15.0 Å². The summed E-state index contributed by atoms with van der Waals surface area (Å²) in [4.78, 5) is 27.9. The number of thiazole rings is 1. The van der Waals surface area contributed by atoms with Crippen molar-refractivity contribution in [3.05, 3.63) is 47.3 Å². The van der Waals surface area contributed by atoms with Crippen LogP contribution in [0.3, 0.4) is 0 Å². The SMILES string of the molecule is CNC(=O)c1ccc(N2CCN(Cc3cnc(Nc4nccs4)o3)CC2)c(F)n1.